The van der Waals surface area contributed by atoms with E-state index in [1.54, 1.807) is 25.7 Å². The largest absolute Gasteiger partial charge is 0.340 e. The number of hydrogen-bond acceptors (Lipinski definition) is 5. The van der Waals surface area contributed by atoms with Crippen LogP contribution in [0.25, 0.3) is 0 Å². The molecule has 2 fully saturated rings. The van der Waals surface area contributed by atoms with E-state index >= 15 is 0 Å². The molecule has 0 aromatic heterocycles. The lowest BCUT2D eigenvalue weighted by molar-refractivity contribution is -0.136. The predicted octanol–water partition coefficient (Wildman–Crippen LogP) is 2.78. The van der Waals surface area contributed by atoms with Crippen LogP contribution >= 0.6 is 0 Å². The summed E-state index contributed by atoms with van der Waals surface area (Å²) in [5.41, 5.74) is 0. The maximum Gasteiger partial charge on any atom is 0.219 e. The van der Waals surface area contributed by atoms with Crippen LogP contribution < -0.4 is 5.32 Å². The van der Waals surface area contributed by atoms with Crippen LogP contribution in [-0.2, 0) is 19.2 Å². The van der Waals surface area contributed by atoms with Gasteiger partial charge < -0.3 is 15.0 Å². The number of carbonyl (C=O) groups is 4. The van der Waals surface area contributed by atoms with Crippen LogP contribution in [-0.4, -0.2) is 53.3 Å². The first-order valence-corrected chi connectivity index (χ1v) is 9.97. The van der Waals surface area contributed by atoms with Crippen LogP contribution in [0, 0.1) is 11.8 Å². The highest BCUT2D eigenvalue weighted by Gasteiger charge is 2.31. The molecule has 2 heterocycles. The van der Waals surface area contributed by atoms with Gasteiger partial charge in [0.2, 0.25) is 5.91 Å². The zero-order valence-electron chi connectivity index (χ0n) is 18.1. The average Bonchev–Trinajstić information content (AvgIpc) is 2.54. The van der Waals surface area contributed by atoms with Crippen molar-refractivity contribution in [3.05, 3.63) is 0 Å². The Kier molecular flexibility index (Phi) is 12.0. The van der Waals surface area contributed by atoms with E-state index in [-0.39, 0.29) is 35.4 Å². The quantitative estimate of drug-likeness (QED) is 0.794. The molecule has 0 saturated carbocycles. The van der Waals surface area contributed by atoms with E-state index in [2.05, 4.69) is 12.2 Å². The lowest BCUT2D eigenvalue weighted by Crippen LogP contribution is -2.47. The van der Waals surface area contributed by atoms with E-state index in [1.165, 1.54) is 13.8 Å². The summed E-state index contributed by atoms with van der Waals surface area (Å²) in [5.74, 6) is 1.11. The van der Waals surface area contributed by atoms with Gasteiger partial charge in [0.1, 0.15) is 17.3 Å². The standard InChI is InChI=1S/C10H17NO2.C8H15NO.C3H6O/c1-7-10(8(2)12)5-4-6-11(7)9(3)13;1-6-8(7(2)10)4-3-5-9-6;1-3(2)4/h7,10H,4-6H2,1-3H3;6,8-9H,3-5H2,1-2H3;1-2H3/t7-,10-;6-,8-;/m00./s1. The first kappa shape index (κ1) is 25.4. The summed E-state index contributed by atoms with van der Waals surface area (Å²) in [6.45, 7) is 13.9. The zero-order valence-corrected chi connectivity index (χ0v) is 18.1. The number of rotatable bonds is 2. The molecule has 27 heavy (non-hydrogen) atoms. The number of amides is 1. The second kappa shape index (κ2) is 12.8. The van der Waals surface area contributed by atoms with Crippen molar-refractivity contribution in [2.75, 3.05) is 13.1 Å². The molecule has 2 rings (SSSR count). The molecule has 2 aliphatic heterocycles. The Bertz CT molecular complexity index is 492. The third-order valence-electron chi connectivity index (χ3n) is 5.20. The minimum atomic E-state index is 0.0534. The Labute approximate surface area is 164 Å². The Morgan fingerprint density at radius 3 is 1.67 bits per heavy atom. The van der Waals surface area contributed by atoms with Crippen molar-refractivity contribution in [1.82, 2.24) is 10.2 Å². The molecule has 0 aromatic carbocycles. The van der Waals surface area contributed by atoms with Crippen molar-refractivity contribution < 1.29 is 19.2 Å². The van der Waals surface area contributed by atoms with Crippen molar-refractivity contribution in [2.45, 2.75) is 86.2 Å². The van der Waals surface area contributed by atoms with E-state index in [0.29, 0.717) is 11.8 Å². The Morgan fingerprint density at radius 2 is 1.30 bits per heavy atom. The first-order valence-electron chi connectivity index (χ1n) is 9.97. The molecule has 0 unspecified atom stereocenters. The molecule has 6 heteroatoms. The zero-order chi connectivity index (χ0) is 21.1. The van der Waals surface area contributed by atoms with Gasteiger partial charge in [-0.1, -0.05) is 0 Å². The maximum absolute atomic E-state index is 11.2. The van der Waals surface area contributed by atoms with Gasteiger partial charge in [-0.05, 0) is 73.8 Å². The molecule has 1 amide bonds. The van der Waals surface area contributed by atoms with Gasteiger partial charge >= 0.3 is 0 Å². The van der Waals surface area contributed by atoms with Crippen LogP contribution in [0.3, 0.4) is 0 Å². The van der Waals surface area contributed by atoms with Crippen molar-refractivity contribution in [1.29, 1.82) is 0 Å². The Balaban J connectivity index is 0.000000428. The number of nitrogens with one attached hydrogen (secondary N) is 1. The number of hydrogen-bond donors (Lipinski definition) is 1. The number of piperidine rings is 2. The number of carbonyl (C=O) groups excluding carboxylic acids is 4. The van der Waals surface area contributed by atoms with E-state index in [1.807, 2.05) is 6.92 Å². The SMILES string of the molecule is CC(=O)[C@H]1CCCN(C(C)=O)[C@H]1C.CC(=O)[C@H]1CCCN[C@H]1C.CC(C)=O. The van der Waals surface area contributed by atoms with E-state index in [9.17, 15) is 19.2 Å². The lowest BCUT2D eigenvalue weighted by Gasteiger charge is -2.37. The highest BCUT2D eigenvalue weighted by atomic mass is 16.2. The van der Waals surface area contributed by atoms with Crippen molar-refractivity contribution in [3.63, 3.8) is 0 Å². The predicted molar refractivity (Wildman–Crippen MR) is 107 cm³/mol. The molecule has 0 aliphatic carbocycles. The Morgan fingerprint density at radius 1 is 0.815 bits per heavy atom. The molecule has 2 aliphatic rings. The fraction of sp³-hybridized carbons (Fsp3) is 0.810. The summed E-state index contributed by atoms with van der Waals surface area (Å²) < 4.78 is 0. The minimum absolute atomic E-state index is 0.0534. The van der Waals surface area contributed by atoms with Crippen LogP contribution in [0.5, 0.6) is 0 Å². The number of likely N-dealkylation sites (tertiary alicyclic amines) is 1. The monoisotopic (exact) mass is 382 g/mol. The topological polar surface area (TPSA) is 83.6 Å². The fourth-order valence-electron chi connectivity index (χ4n) is 3.73. The molecule has 0 radical (unpaired) electrons. The van der Waals surface area contributed by atoms with E-state index in [4.69, 9.17) is 0 Å². The summed E-state index contributed by atoms with van der Waals surface area (Å²) in [4.78, 5) is 44.6. The third kappa shape index (κ3) is 9.80. The highest BCUT2D eigenvalue weighted by Crippen LogP contribution is 2.24. The van der Waals surface area contributed by atoms with E-state index < -0.39 is 0 Å². The van der Waals surface area contributed by atoms with Crippen LogP contribution in [0.1, 0.15) is 74.1 Å². The first-order chi connectivity index (χ1) is 12.5. The molecule has 156 valence electrons. The number of Topliss-reactive ketones (excluding diaryl/α,β-unsaturated/α-hetero) is 3. The fourth-order valence-corrected chi connectivity index (χ4v) is 3.73. The van der Waals surface area contributed by atoms with E-state index in [0.717, 1.165) is 38.8 Å². The molecule has 4 atom stereocenters. The second-order valence-electron chi connectivity index (χ2n) is 7.82. The van der Waals surface area contributed by atoms with Gasteiger partial charge in [-0.25, -0.2) is 0 Å². The second-order valence-corrected chi connectivity index (χ2v) is 7.82. The smallest absolute Gasteiger partial charge is 0.219 e. The summed E-state index contributed by atoms with van der Waals surface area (Å²) in [6.07, 6.45) is 4.10. The van der Waals surface area contributed by atoms with Gasteiger partial charge in [-0.3, -0.25) is 14.4 Å². The van der Waals surface area contributed by atoms with Gasteiger partial charge in [0.05, 0.1) is 0 Å². The molecule has 0 aromatic rings. The molecule has 0 bridgehead atoms. The normalized spacial score (nSPS) is 27.3. The van der Waals surface area contributed by atoms with Gasteiger partial charge in [0.15, 0.2) is 0 Å². The molecular weight excluding hydrogens is 344 g/mol. The molecule has 1 N–H and O–H groups in total. The molecule has 6 nitrogen and oxygen atoms in total. The maximum atomic E-state index is 11.2. The summed E-state index contributed by atoms with van der Waals surface area (Å²) in [5, 5.41) is 3.29. The summed E-state index contributed by atoms with van der Waals surface area (Å²) in [7, 11) is 0. The number of ketones is 3. The molecule has 2 saturated heterocycles. The van der Waals surface area contributed by atoms with Crippen LogP contribution in [0.15, 0.2) is 0 Å². The lowest BCUT2D eigenvalue weighted by atomic mass is 9.87. The van der Waals surface area contributed by atoms with Crippen LogP contribution in [0.2, 0.25) is 0 Å². The van der Waals surface area contributed by atoms with Gasteiger partial charge in [0.25, 0.3) is 0 Å². The van der Waals surface area contributed by atoms with Gasteiger partial charge in [-0.2, -0.15) is 0 Å². The van der Waals surface area contributed by atoms with Crippen molar-refractivity contribution in [2.24, 2.45) is 11.8 Å². The van der Waals surface area contributed by atoms with Gasteiger partial charge in [-0.15, -0.1) is 0 Å². The Hall–Kier alpha value is -1.56. The summed E-state index contributed by atoms with van der Waals surface area (Å²) >= 11 is 0. The van der Waals surface area contributed by atoms with Gasteiger partial charge in [0, 0.05) is 37.4 Å². The summed E-state index contributed by atoms with van der Waals surface area (Å²) in [6, 6.07) is 0.481. The van der Waals surface area contributed by atoms with Crippen LogP contribution in [0.4, 0.5) is 0 Å². The average molecular weight is 383 g/mol. The minimum Gasteiger partial charge on any atom is -0.340 e. The number of nitrogens with zero attached hydrogens (tertiary/aromatic N) is 1. The third-order valence-corrected chi connectivity index (χ3v) is 5.20. The highest BCUT2D eigenvalue weighted by molar-refractivity contribution is 5.81. The molecule has 0 spiro atoms. The van der Waals surface area contributed by atoms with Crippen molar-refractivity contribution >= 4 is 23.3 Å². The molecular formula is C21H38N2O4. The van der Waals surface area contributed by atoms with Crippen molar-refractivity contribution in [3.8, 4) is 0 Å².